The average Bonchev–Trinajstić information content (AvgIpc) is 2.68. The van der Waals surface area contributed by atoms with Crippen molar-refractivity contribution in [1.82, 2.24) is 0 Å². The van der Waals surface area contributed by atoms with Crippen LogP contribution < -0.4 is 0 Å². The number of hydrogen-bond donors (Lipinski definition) is 0. The maximum atomic E-state index is 6.72. The van der Waals surface area contributed by atoms with Gasteiger partial charge in [-0.05, 0) is 22.3 Å². The Kier molecular flexibility index (Phi) is 1.98. The third-order valence-corrected chi connectivity index (χ3v) is 6.60. The van der Waals surface area contributed by atoms with Gasteiger partial charge in [-0.2, -0.15) is 0 Å². The third-order valence-electron chi connectivity index (χ3n) is 5.08. The standard InChI is InChI=1S/C17H14Cl2/c1-15(2)16(17(15,18)19)13-9-5-3-7-11(13)12-8-4-6-10-14(12)16/h3-10H,1-2H3. The van der Waals surface area contributed by atoms with Crippen LogP contribution in [0.4, 0.5) is 0 Å². The maximum Gasteiger partial charge on any atom is 0.138 e. The van der Waals surface area contributed by atoms with Crippen LogP contribution in [0.5, 0.6) is 0 Å². The Balaban J connectivity index is 2.16. The lowest BCUT2D eigenvalue weighted by atomic mass is 9.86. The van der Waals surface area contributed by atoms with Crippen molar-refractivity contribution in [2.75, 3.05) is 0 Å². The number of rotatable bonds is 0. The first kappa shape index (κ1) is 11.8. The molecule has 4 rings (SSSR count). The molecule has 0 N–H and O–H groups in total. The molecule has 1 fully saturated rings. The molecule has 0 heterocycles. The lowest BCUT2D eigenvalue weighted by Gasteiger charge is -2.16. The largest absolute Gasteiger partial charge is 0.138 e. The second kappa shape index (κ2) is 3.19. The van der Waals surface area contributed by atoms with E-state index in [0.717, 1.165) is 0 Å². The number of benzene rings is 2. The summed E-state index contributed by atoms with van der Waals surface area (Å²) in [6.07, 6.45) is 0. The quantitative estimate of drug-likeness (QED) is 0.587. The van der Waals surface area contributed by atoms with Gasteiger partial charge in [-0.15, -0.1) is 0 Å². The minimum absolute atomic E-state index is 0.161. The summed E-state index contributed by atoms with van der Waals surface area (Å²) in [7, 11) is 0. The summed E-state index contributed by atoms with van der Waals surface area (Å²) < 4.78 is -0.747. The van der Waals surface area contributed by atoms with E-state index in [0.29, 0.717) is 0 Å². The Morgan fingerprint density at radius 1 is 0.737 bits per heavy atom. The van der Waals surface area contributed by atoms with E-state index in [2.05, 4.69) is 62.4 Å². The van der Waals surface area contributed by atoms with Crippen molar-refractivity contribution < 1.29 is 0 Å². The van der Waals surface area contributed by atoms with Crippen molar-refractivity contribution in [3.63, 3.8) is 0 Å². The molecule has 2 heteroatoms. The molecule has 0 saturated heterocycles. The SMILES string of the molecule is CC1(C)C(Cl)(Cl)C12c1ccccc1-c1ccccc12. The van der Waals surface area contributed by atoms with Gasteiger partial charge in [-0.1, -0.05) is 85.6 Å². The van der Waals surface area contributed by atoms with Gasteiger partial charge in [0.1, 0.15) is 4.33 Å². The van der Waals surface area contributed by atoms with Crippen LogP contribution in [0.1, 0.15) is 25.0 Å². The van der Waals surface area contributed by atoms with Crippen LogP contribution in [0.3, 0.4) is 0 Å². The van der Waals surface area contributed by atoms with Crippen LogP contribution in [-0.2, 0) is 5.41 Å². The zero-order valence-electron chi connectivity index (χ0n) is 10.9. The fraction of sp³-hybridized carbons (Fsp3) is 0.294. The number of halogens is 2. The second-order valence-electron chi connectivity index (χ2n) is 6.04. The molecule has 19 heavy (non-hydrogen) atoms. The fourth-order valence-corrected chi connectivity index (χ4v) is 5.08. The molecule has 1 saturated carbocycles. The van der Waals surface area contributed by atoms with Crippen LogP contribution in [0, 0.1) is 5.41 Å². The van der Waals surface area contributed by atoms with Crippen molar-refractivity contribution in [2.24, 2.45) is 5.41 Å². The first-order chi connectivity index (χ1) is 8.96. The van der Waals surface area contributed by atoms with Gasteiger partial charge in [0.2, 0.25) is 0 Å². The minimum atomic E-state index is -0.747. The molecule has 1 spiro atoms. The Morgan fingerprint density at radius 3 is 1.47 bits per heavy atom. The molecule has 0 bridgehead atoms. The molecule has 2 aromatic carbocycles. The highest BCUT2D eigenvalue weighted by Crippen LogP contribution is 2.83. The van der Waals surface area contributed by atoms with E-state index in [4.69, 9.17) is 23.2 Å². The summed E-state index contributed by atoms with van der Waals surface area (Å²) >= 11 is 13.4. The van der Waals surface area contributed by atoms with Crippen molar-refractivity contribution >= 4 is 23.2 Å². The third kappa shape index (κ3) is 0.998. The van der Waals surface area contributed by atoms with Gasteiger partial charge in [0.15, 0.2) is 0 Å². The van der Waals surface area contributed by atoms with Crippen molar-refractivity contribution in [1.29, 1.82) is 0 Å². The van der Waals surface area contributed by atoms with Gasteiger partial charge >= 0.3 is 0 Å². The van der Waals surface area contributed by atoms with Gasteiger partial charge in [0.05, 0.1) is 5.41 Å². The van der Waals surface area contributed by atoms with Crippen LogP contribution in [0.2, 0.25) is 0 Å². The normalized spacial score (nSPS) is 22.9. The molecule has 0 atom stereocenters. The van der Waals surface area contributed by atoms with E-state index >= 15 is 0 Å². The van der Waals surface area contributed by atoms with Crippen LogP contribution in [0.25, 0.3) is 11.1 Å². The van der Waals surface area contributed by atoms with Crippen molar-refractivity contribution in [3.05, 3.63) is 59.7 Å². The van der Waals surface area contributed by atoms with Crippen LogP contribution in [-0.4, -0.2) is 4.33 Å². The highest BCUT2D eigenvalue weighted by molar-refractivity contribution is 6.54. The van der Waals surface area contributed by atoms with E-state index in [-0.39, 0.29) is 10.8 Å². The maximum absolute atomic E-state index is 6.72. The molecule has 2 aromatic rings. The van der Waals surface area contributed by atoms with Gasteiger partial charge in [0, 0.05) is 5.41 Å². The number of fused-ring (bicyclic) bond motifs is 5. The summed E-state index contributed by atoms with van der Waals surface area (Å²) in [5.74, 6) is 0. The topological polar surface area (TPSA) is 0 Å². The molecule has 0 unspecified atom stereocenters. The monoisotopic (exact) mass is 288 g/mol. The smallest absolute Gasteiger partial charge is 0.0996 e. The Bertz CT molecular complexity index is 636. The average molecular weight is 289 g/mol. The molecule has 0 amide bonds. The van der Waals surface area contributed by atoms with Crippen LogP contribution >= 0.6 is 23.2 Å². The van der Waals surface area contributed by atoms with E-state index in [1.54, 1.807) is 0 Å². The van der Waals surface area contributed by atoms with E-state index in [1.807, 2.05) is 0 Å². The molecular weight excluding hydrogens is 275 g/mol. The van der Waals surface area contributed by atoms with E-state index in [9.17, 15) is 0 Å². The predicted octanol–water partition coefficient (Wildman–Crippen LogP) is 5.17. The van der Waals surface area contributed by atoms with Crippen molar-refractivity contribution in [3.8, 4) is 11.1 Å². The molecule has 0 nitrogen and oxygen atoms in total. The molecule has 0 radical (unpaired) electrons. The van der Waals surface area contributed by atoms with E-state index in [1.165, 1.54) is 22.3 Å². The zero-order chi connectivity index (χ0) is 13.5. The van der Waals surface area contributed by atoms with Crippen LogP contribution in [0.15, 0.2) is 48.5 Å². The summed E-state index contributed by atoms with van der Waals surface area (Å²) in [6.45, 7) is 4.32. The second-order valence-corrected chi connectivity index (χ2v) is 7.37. The fourth-order valence-electron chi connectivity index (χ4n) is 4.01. The minimum Gasteiger partial charge on any atom is -0.0996 e. The number of hydrogen-bond acceptors (Lipinski definition) is 0. The predicted molar refractivity (Wildman–Crippen MR) is 80.9 cm³/mol. The Hall–Kier alpha value is -0.980. The zero-order valence-corrected chi connectivity index (χ0v) is 12.4. The lowest BCUT2D eigenvalue weighted by Crippen LogP contribution is -2.15. The van der Waals surface area contributed by atoms with E-state index < -0.39 is 4.33 Å². The molecule has 0 aliphatic heterocycles. The Labute approximate surface area is 123 Å². The summed E-state index contributed by atoms with van der Waals surface area (Å²) in [6, 6.07) is 17.0. The highest BCUT2D eigenvalue weighted by Gasteiger charge is 2.84. The molecular formula is C17H14Cl2. The van der Waals surface area contributed by atoms with Crippen molar-refractivity contribution in [2.45, 2.75) is 23.6 Å². The number of alkyl halides is 2. The highest BCUT2D eigenvalue weighted by atomic mass is 35.5. The van der Waals surface area contributed by atoms with Gasteiger partial charge in [0.25, 0.3) is 0 Å². The molecule has 2 aliphatic carbocycles. The first-order valence-electron chi connectivity index (χ1n) is 6.53. The van der Waals surface area contributed by atoms with Gasteiger partial charge < -0.3 is 0 Å². The molecule has 0 aromatic heterocycles. The lowest BCUT2D eigenvalue weighted by molar-refractivity contribution is 0.557. The summed E-state index contributed by atoms with van der Waals surface area (Å²) in [5, 5.41) is 0. The first-order valence-corrected chi connectivity index (χ1v) is 7.29. The van der Waals surface area contributed by atoms with Gasteiger partial charge in [-0.3, -0.25) is 0 Å². The molecule has 96 valence electrons. The summed E-state index contributed by atoms with van der Waals surface area (Å²) in [4.78, 5) is 0. The summed E-state index contributed by atoms with van der Waals surface area (Å²) in [5.41, 5.74) is 4.66. The Morgan fingerprint density at radius 2 is 1.11 bits per heavy atom. The molecule has 2 aliphatic rings. The van der Waals surface area contributed by atoms with Gasteiger partial charge in [-0.25, -0.2) is 0 Å².